The van der Waals surface area contributed by atoms with Crippen molar-refractivity contribution in [1.82, 2.24) is 14.9 Å². The van der Waals surface area contributed by atoms with Crippen LogP contribution in [0.25, 0.3) is 10.9 Å². The number of aryl methyl sites for hydroxylation is 1. The molecule has 3 aromatic rings. The molecular formula is C20H23ClN4. The van der Waals surface area contributed by atoms with E-state index in [1.54, 1.807) is 0 Å². The lowest BCUT2D eigenvalue weighted by Gasteiger charge is -2.35. The third kappa shape index (κ3) is 3.80. The van der Waals surface area contributed by atoms with E-state index < -0.39 is 0 Å². The zero-order chi connectivity index (χ0) is 17.1. The highest BCUT2D eigenvalue weighted by Crippen LogP contribution is 2.23. The number of pyridine rings is 1. The predicted molar refractivity (Wildman–Crippen MR) is 105 cm³/mol. The van der Waals surface area contributed by atoms with Crippen LogP contribution in [0.1, 0.15) is 12.0 Å². The Labute approximate surface area is 153 Å². The molecule has 25 heavy (non-hydrogen) atoms. The Balaban J connectivity index is 1.27. The van der Waals surface area contributed by atoms with Gasteiger partial charge in [0.2, 0.25) is 0 Å². The average Bonchev–Trinajstić information content (AvgIpc) is 3.05. The van der Waals surface area contributed by atoms with Gasteiger partial charge < -0.3 is 9.88 Å². The highest BCUT2D eigenvalue weighted by molar-refractivity contribution is 6.31. The van der Waals surface area contributed by atoms with Gasteiger partial charge >= 0.3 is 0 Å². The summed E-state index contributed by atoms with van der Waals surface area (Å²) in [6.07, 6.45) is 6.25. The second kappa shape index (κ2) is 7.46. The number of piperazine rings is 1. The summed E-state index contributed by atoms with van der Waals surface area (Å²) in [5.74, 6) is 1.10. The minimum absolute atomic E-state index is 0.805. The summed E-state index contributed by atoms with van der Waals surface area (Å²) in [5.41, 5.74) is 2.54. The van der Waals surface area contributed by atoms with Crippen molar-refractivity contribution in [2.45, 2.75) is 12.8 Å². The van der Waals surface area contributed by atoms with E-state index in [9.17, 15) is 0 Å². The summed E-state index contributed by atoms with van der Waals surface area (Å²) >= 11 is 6.14. The average molecular weight is 355 g/mol. The zero-order valence-corrected chi connectivity index (χ0v) is 15.0. The van der Waals surface area contributed by atoms with E-state index >= 15 is 0 Å². The summed E-state index contributed by atoms with van der Waals surface area (Å²) in [6.45, 7) is 5.47. The van der Waals surface area contributed by atoms with Gasteiger partial charge in [0.05, 0.1) is 0 Å². The number of nitrogens with zero attached hydrogens (tertiary/aromatic N) is 3. The van der Waals surface area contributed by atoms with Gasteiger partial charge in [-0.25, -0.2) is 4.98 Å². The second-order valence-electron chi connectivity index (χ2n) is 6.62. The maximum atomic E-state index is 6.14. The van der Waals surface area contributed by atoms with Crippen LogP contribution in [0.2, 0.25) is 5.02 Å². The van der Waals surface area contributed by atoms with Crippen molar-refractivity contribution in [3.8, 4) is 0 Å². The Morgan fingerprint density at radius 3 is 2.76 bits per heavy atom. The van der Waals surface area contributed by atoms with Crippen LogP contribution in [0.3, 0.4) is 0 Å². The Kier molecular flexibility index (Phi) is 4.90. The SMILES string of the molecule is Clc1ccc2[nH]cc(CCCN3CCN(c4ccccn4)CC3)c2c1. The monoisotopic (exact) mass is 354 g/mol. The zero-order valence-electron chi connectivity index (χ0n) is 14.3. The molecule has 0 unspecified atom stereocenters. The first-order chi connectivity index (χ1) is 12.3. The van der Waals surface area contributed by atoms with Gasteiger partial charge in [-0.2, -0.15) is 0 Å². The summed E-state index contributed by atoms with van der Waals surface area (Å²) in [7, 11) is 0. The van der Waals surface area contributed by atoms with Gasteiger partial charge in [-0.3, -0.25) is 4.90 Å². The lowest BCUT2D eigenvalue weighted by atomic mass is 10.1. The smallest absolute Gasteiger partial charge is 0.128 e. The van der Waals surface area contributed by atoms with Crippen LogP contribution in [0, 0.1) is 0 Å². The largest absolute Gasteiger partial charge is 0.361 e. The van der Waals surface area contributed by atoms with Crippen LogP contribution < -0.4 is 4.90 Å². The fraction of sp³-hybridized carbons (Fsp3) is 0.350. The summed E-state index contributed by atoms with van der Waals surface area (Å²) in [4.78, 5) is 12.7. The fourth-order valence-corrected chi connectivity index (χ4v) is 3.76. The van der Waals surface area contributed by atoms with Crippen molar-refractivity contribution in [2.24, 2.45) is 0 Å². The van der Waals surface area contributed by atoms with Crippen molar-refractivity contribution in [2.75, 3.05) is 37.6 Å². The van der Waals surface area contributed by atoms with Gasteiger partial charge in [0.1, 0.15) is 5.82 Å². The van der Waals surface area contributed by atoms with E-state index in [0.717, 1.165) is 50.0 Å². The first-order valence-electron chi connectivity index (χ1n) is 8.93. The number of nitrogens with one attached hydrogen (secondary N) is 1. The topological polar surface area (TPSA) is 35.2 Å². The third-order valence-electron chi connectivity index (χ3n) is 5.00. The van der Waals surface area contributed by atoms with E-state index in [2.05, 4.69) is 50.2 Å². The lowest BCUT2D eigenvalue weighted by Crippen LogP contribution is -2.46. The Hall–Kier alpha value is -2.04. The maximum absolute atomic E-state index is 6.14. The number of H-pyrrole nitrogens is 1. The molecule has 4 rings (SSSR count). The van der Waals surface area contributed by atoms with Gasteiger partial charge in [-0.1, -0.05) is 17.7 Å². The van der Waals surface area contributed by atoms with Gasteiger partial charge in [0.15, 0.2) is 0 Å². The molecule has 0 atom stereocenters. The number of rotatable bonds is 5. The van der Waals surface area contributed by atoms with Crippen molar-refractivity contribution in [3.63, 3.8) is 0 Å². The molecule has 0 radical (unpaired) electrons. The van der Waals surface area contributed by atoms with Gasteiger partial charge in [0, 0.05) is 54.5 Å². The number of hydrogen-bond donors (Lipinski definition) is 1. The van der Waals surface area contributed by atoms with Crippen LogP contribution in [0.15, 0.2) is 48.8 Å². The highest BCUT2D eigenvalue weighted by Gasteiger charge is 2.17. The second-order valence-corrected chi connectivity index (χ2v) is 7.06. The molecule has 0 saturated carbocycles. The lowest BCUT2D eigenvalue weighted by molar-refractivity contribution is 0.254. The predicted octanol–water partition coefficient (Wildman–Crippen LogP) is 3.97. The number of hydrogen-bond acceptors (Lipinski definition) is 3. The first-order valence-corrected chi connectivity index (χ1v) is 9.31. The molecule has 0 aliphatic carbocycles. The first kappa shape index (κ1) is 16.4. The molecule has 4 nitrogen and oxygen atoms in total. The third-order valence-corrected chi connectivity index (χ3v) is 5.23. The number of aromatic amines is 1. The van der Waals surface area contributed by atoms with Crippen LogP contribution in [0.5, 0.6) is 0 Å². The van der Waals surface area contributed by atoms with Gasteiger partial charge in [-0.05, 0) is 55.3 Å². The molecule has 1 N–H and O–H groups in total. The highest BCUT2D eigenvalue weighted by atomic mass is 35.5. The molecule has 0 amide bonds. The molecule has 2 aromatic heterocycles. The summed E-state index contributed by atoms with van der Waals surface area (Å²) in [6, 6.07) is 12.2. The molecule has 3 heterocycles. The van der Waals surface area contributed by atoms with Crippen molar-refractivity contribution in [1.29, 1.82) is 0 Å². The number of halogens is 1. The van der Waals surface area contributed by atoms with E-state index in [1.165, 1.54) is 22.9 Å². The standard InChI is InChI=1S/C20H23ClN4/c21-17-6-7-19-18(14-17)16(15-23-19)4-3-9-24-10-12-25(13-11-24)20-5-1-2-8-22-20/h1-2,5-8,14-15,23H,3-4,9-13H2. The van der Waals surface area contributed by atoms with Crippen LogP contribution in [-0.4, -0.2) is 47.6 Å². The van der Waals surface area contributed by atoms with E-state index in [0.29, 0.717) is 0 Å². The maximum Gasteiger partial charge on any atom is 0.128 e. The van der Waals surface area contributed by atoms with E-state index in [-0.39, 0.29) is 0 Å². The Morgan fingerprint density at radius 2 is 1.96 bits per heavy atom. The number of aromatic nitrogens is 2. The minimum atomic E-state index is 0.805. The van der Waals surface area contributed by atoms with Crippen molar-refractivity contribution < 1.29 is 0 Å². The van der Waals surface area contributed by atoms with Crippen molar-refractivity contribution in [3.05, 3.63) is 59.4 Å². The molecule has 1 fully saturated rings. The number of benzene rings is 1. The summed E-state index contributed by atoms with van der Waals surface area (Å²) < 4.78 is 0. The Morgan fingerprint density at radius 1 is 1.08 bits per heavy atom. The number of fused-ring (bicyclic) bond motifs is 1. The minimum Gasteiger partial charge on any atom is -0.361 e. The number of anilines is 1. The molecule has 5 heteroatoms. The van der Waals surface area contributed by atoms with Gasteiger partial charge in [-0.15, -0.1) is 0 Å². The van der Waals surface area contributed by atoms with Crippen molar-refractivity contribution >= 4 is 28.3 Å². The van der Waals surface area contributed by atoms with Crippen LogP contribution >= 0.6 is 11.6 Å². The van der Waals surface area contributed by atoms with E-state index in [1.807, 2.05) is 18.3 Å². The molecule has 0 bridgehead atoms. The van der Waals surface area contributed by atoms with Gasteiger partial charge in [0.25, 0.3) is 0 Å². The molecular weight excluding hydrogens is 332 g/mol. The molecule has 1 aliphatic rings. The summed E-state index contributed by atoms with van der Waals surface area (Å²) in [5, 5.41) is 2.06. The molecule has 0 spiro atoms. The quantitative estimate of drug-likeness (QED) is 0.753. The Bertz CT molecular complexity index is 822. The van der Waals surface area contributed by atoms with Crippen LogP contribution in [-0.2, 0) is 6.42 Å². The molecule has 1 saturated heterocycles. The normalized spacial score (nSPS) is 15.8. The molecule has 1 aromatic carbocycles. The fourth-order valence-electron chi connectivity index (χ4n) is 3.59. The van der Waals surface area contributed by atoms with Crippen LogP contribution in [0.4, 0.5) is 5.82 Å². The van der Waals surface area contributed by atoms with E-state index in [4.69, 9.17) is 11.6 Å². The molecule has 1 aliphatic heterocycles. The molecule has 130 valence electrons.